The zero-order valence-electron chi connectivity index (χ0n) is 12.7. The number of thioether (sulfide) groups is 1. The van der Waals surface area contributed by atoms with Crippen molar-refractivity contribution in [1.29, 1.82) is 0 Å². The molecule has 21 heavy (non-hydrogen) atoms. The molecule has 0 aliphatic heterocycles. The Labute approximate surface area is 130 Å². The number of carbonyl (C=O) groups is 2. The van der Waals surface area contributed by atoms with Crippen LogP contribution in [0.1, 0.15) is 26.3 Å². The normalized spacial score (nSPS) is 13.7. The zero-order valence-corrected chi connectivity index (χ0v) is 13.5. The highest BCUT2D eigenvalue weighted by Gasteiger charge is 2.20. The Kier molecular flexibility index (Phi) is 7.29. The van der Waals surface area contributed by atoms with Crippen molar-refractivity contribution in [1.82, 2.24) is 5.32 Å². The van der Waals surface area contributed by atoms with Crippen molar-refractivity contribution in [3.8, 4) is 0 Å². The molecule has 0 radical (unpaired) electrons. The van der Waals surface area contributed by atoms with Crippen LogP contribution in [0.3, 0.4) is 0 Å². The second-order valence-electron chi connectivity index (χ2n) is 5.43. The van der Waals surface area contributed by atoms with E-state index in [1.807, 2.05) is 51.1 Å². The first-order chi connectivity index (χ1) is 9.90. The topological polar surface area (TPSA) is 66.4 Å². The fourth-order valence-electron chi connectivity index (χ4n) is 1.68. The number of benzene rings is 1. The third-order valence-electron chi connectivity index (χ3n) is 3.34. The second kappa shape index (κ2) is 8.72. The average molecular weight is 309 g/mol. The van der Waals surface area contributed by atoms with E-state index in [9.17, 15) is 14.7 Å². The van der Waals surface area contributed by atoms with Gasteiger partial charge >= 0.3 is 5.97 Å². The summed E-state index contributed by atoms with van der Waals surface area (Å²) >= 11 is 1.17. The summed E-state index contributed by atoms with van der Waals surface area (Å²) in [5, 5.41) is 11.5. The number of carboxylic acids is 1. The van der Waals surface area contributed by atoms with Crippen LogP contribution in [0.4, 0.5) is 0 Å². The third kappa shape index (κ3) is 6.67. The summed E-state index contributed by atoms with van der Waals surface area (Å²) in [5.41, 5.74) is 0.966. The Bertz CT molecular complexity index is 462. The van der Waals surface area contributed by atoms with Gasteiger partial charge in [-0.3, -0.25) is 9.59 Å². The largest absolute Gasteiger partial charge is 0.480 e. The number of carboxylic acid groups (broad SMARTS) is 1. The Hall–Kier alpha value is -1.49. The van der Waals surface area contributed by atoms with E-state index in [-0.39, 0.29) is 17.7 Å². The molecule has 1 aromatic carbocycles. The molecule has 5 heteroatoms. The molecule has 1 rings (SSSR count). The van der Waals surface area contributed by atoms with Crippen molar-refractivity contribution in [2.45, 2.75) is 38.5 Å². The molecule has 4 nitrogen and oxygen atoms in total. The quantitative estimate of drug-likeness (QED) is 0.774. The van der Waals surface area contributed by atoms with Gasteiger partial charge in [-0.2, -0.15) is 0 Å². The van der Waals surface area contributed by atoms with Crippen molar-refractivity contribution in [3.05, 3.63) is 35.9 Å². The fraction of sp³-hybridized carbons (Fsp3) is 0.500. The van der Waals surface area contributed by atoms with Crippen LogP contribution in [0.5, 0.6) is 0 Å². The monoisotopic (exact) mass is 309 g/mol. The standard InChI is InChI=1S/C16H23NO3S/c1-11(2)12(3)17-15(18)10-21-14(16(19)20)9-13-7-5-4-6-8-13/h4-8,11-12,14H,9-10H2,1-3H3,(H,17,18)(H,19,20). The number of carbonyl (C=O) groups excluding carboxylic acids is 1. The van der Waals surface area contributed by atoms with Gasteiger partial charge in [0.1, 0.15) is 5.25 Å². The maximum Gasteiger partial charge on any atom is 0.316 e. The van der Waals surface area contributed by atoms with Crippen LogP contribution in [0.2, 0.25) is 0 Å². The molecule has 2 N–H and O–H groups in total. The van der Waals surface area contributed by atoms with Gasteiger partial charge in [0.05, 0.1) is 5.75 Å². The highest BCUT2D eigenvalue weighted by Crippen LogP contribution is 2.17. The maximum absolute atomic E-state index is 11.8. The highest BCUT2D eigenvalue weighted by molar-refractivity contribution is 8.01. The van der Waals surface area contributed by atoms with Crippen LogP contribution in [0.25, 0.3) is 0 Å². The molecule has 1 amide bonds. The minimum absolute atomic E-state index is 0.0931. The van der Waals surface area contributed by atoms with E-state index < -0.39 is 11.2 Å². The number of nitrogens with one attached hydrogen (secondary N) is 1. The van der Waals surface area contributed by atoms with Gasteiger partial charge in [-0.1, -0.05) is 44.2 Å². The zero-order chi connectivity index (χ0) is 15.8. The van der Waals surface area contributed by atoms with Gasteiger partial charge in [-0.05, 0) is 24.8 Å². The molecule has 0 aliphatic rings. The van der Waals surface area contributed by atoms with Crippen molar-refractivity contribution in [3.63, 3.8) is 0 Å². The van der Waals surface area contributed by atoms with Crippen LogP contribution in [-0.4, -0.2) is 34.0 Å². The number of rotatable bonds is 8. The molecule has 1 aromatic rings. The molecule has 0 aliphatic carbocycles. The number of hydrogen-bond donors (Lipinski definition) is 2. The van der Waals surface area contributed by atoms with E-state index in [1.54, 1.807) is 0 Å². The first-order valence-electron chi connectivity index (χ1n) is 7.08. The van der Waals surface area contributed by atoms with Gasteiger partial charge in [0.15, 0.2) is 0 Å². The molecule has 0 aromatic heterocycles. The SMILES string of the molecule is CC(C)C(C)NC(=O)CSC(Cc1ccccc1)C(=O)O. The number of amides is 1. The molecular formula is C16H23NO3S. The average Bonchev–Trinajstić information content (AvgIpc) is 2.44. The fourth-order valence-corrected chi connectivity index (χ4v) is 2.57. The van der Waals surface area contributed by atoms with Crippen LogP contribution >= 0.6 is 11.8 Å². The van der Waals surface area contributed by atoms with Crippen molar-refractivity contribution < 1.29 is 14.7 Å². The predicted octanol–water partition coefficient (Wildman–Crippen LogP) is 2.58. The molecule has 2 atom stereocenters. The van der Waals surface area contributed by atoms with Crippen molar-refractivity contribution >= 4 is 23.6 Å². The van der Waals surface area contributed by atoms with Crippen LogP contribution in [-0.2, 0) is 16.0 Å². The molecule has 0 saturated heterocycles. The van der Waals surface area contributed by atoms with E-state index in [0.717, 1.165) is 5.56 Å². The highest BCUT2D eigenvalue weighted by atomic mass is 32.2. The Morgan fingerprint density at radius 1 is 1.19 bits per heavy atom. The predicted molar refractivity (Wildman–Crippen MR) is 86.5 cm³/mol. The van der Waals surface area contributed by atoms with Gasteiger partial charge < -0.3 is 10.4 Å². The molecule has 0 spiro atoms. The summed E-state index contributed by atoms with van der Waals surface area (Å²) in [4.78, 5) is 23.1. The summed E-state index contributed by atoms with van der Waals surface area (Å²) in [6, 6.07) is 9.56. The third-order valence-corrected chi connectivity index (χ3v) is 4.54. The van der Waals surface area contributed by atoms with E-state index in [0.29, 0.717) is 12.3 Å². The molecule has 0 heterocycles. The maximum atomic E-state index is 11.8. The van der Waals surface area contributed by atoms with Crippen LogP contribution < -0.4 is 5.32 Å². The minimum atomic E-state index is -0.881. The van der Waals surface area contributed by atoms with Gasteiger partial charge in [-0.25, -0.2) is 0 Å². The summed E-state index contributed by atoms with van der Waals surface area (Å²) in [5.74, 6) is -0.464. The summed E-state index contributed by atoms with van der Waals surface area (Å²) < 4.78 is 0. The minimum Gasteiger partial charge on any atom is -0.480 e. The van der Waals surface area contributed by atoms with Gasteiger partial charge in [0.2, 0.25) is 5.91 Å². The van der Waals surface area contributed by atoms with Crippen molar-refractivity contribution in [2.24, 2.45) is 5.92 Å². The first kappa shape index (κ1) is 17.6. The van der Waals surface area contributed by atoms with E-state index in [4.69, 9.17) is 0 Å². The van der Waals surface area contributed by atoms with E-state index >= 15 is 0 Å². The summed E-state index contributed by atoms with van der Waals surface area (Å²) in [6.07, 6.45) is 0.424. The van der Waals surface area contributed by atoms with Crippen LogP contribution in [0, 0.1) is 5.92 Å². The Morgan fingerprint density at radius 2 is 1.81 bits per heavy atom. The van der Waals surface area contributed by atoms with Gasteiger partial charge in [0.25, 0.3) is 0 Å². The number of hydrogen-bond acceptors (Lipinski definition) is 3. The molecule has 0 fully saturated rings. The lowest BCUT2D eigenvalue weighted by molar-refractivity contribution is -0.136. The molecule has 0 bridgehead atoms. The van der Waals surface area contributed by atoms with E-state index in [2.05, 4.69) is 5.32 Å². The molecular weight excluding hydrogens is 286 g/mol. The lowest BCUT2D eigenvalue weighted by Crippen LogP contribution is -2.37. The molecule has 2 unspecified atom stereocenters. The second-order valence-corrected chi connectivity index (χ2v) is 6.62. The smallest absolute Gasteiger partial charge is 0.316 e. The Balaban J connectivity index is 2.48. The molecule has 116 valence electrons. The Morgan fingerprint density at radius 3 is 2.33 bits per heavy atom. The van der Waals surface area contributed by atoms with Crippen molar-refractivity contribution in [2.75, 3.05) is 5.75 Å². The summed E-state index contributed by atoms with van der Waals surface area (Å²) in [7, 11) is 0. The number of aliphatic carboxylic acids is 1. The lowest BCUT2D eigenvalue weighted by atomic mass is 10.1. The molecule has 0 saturated carbocycles. The van der Waals surface area contributed by atoms with Gasteiger partial charge in [0, 0.05) is 6.04 Å². The van der Waals surface area contributed by atoms with Gasteiger partial charge in [-0.15, -0.1) is 11.8 Å². The van der Waals surface area contributed by atoms with Crippen LogP contribution in [0.15, 0.2) is 30.3 Å². The van der Waals surface area contributed by atoms with E-state index in [1.165, 1.54) is 11.8 Å². The first-order valence-corrected chi connectivity index (χ1v) is 8.12. The lowest BCUT2D eigenvalue weighted by Gasteiger charge is -2.18. The summed E-state index contributed by atoms with van der Waals surface area (Å²) in [6.45, 7) is 6.02.